The second kappa shape index (κ2) is 7.30. The van der Waals surface area contributed by atoms with Crippen LogP contribution in [0.3, 0.4) is 0 Å². The van der Waals surface area contributed by atoms with E-state index in [0.717, 1.165) is 0 Å². The quantitative estimate of drug-likeness (QED) is 0.670. The third-order valence-electron chi connectivity index (χ3n) is 3.80. The first-order valence-electron chi connectivity index (χ1n) is 7.99. The maximum absolute atomic E-state index is 12.4. The molecule has 0 saturated heterocycles. The highest BCUT2D eigenvalue weighted by Gasteiger charge is 2.24. The lowest BCUT2D eigenvalue weighted by atomic mass is 10.1. The summed E-state index contributed by atoms with van der Waals surface area (Å²) in [4.78, 5) is 20.7. The Morgan fingerprint density at radius 1 is 1.23 bits per heavy atom. The average Bonchev–Trinajstić information content (AvgIpc) is 2.98. The molecule has 0 atom stereocenters. The third-order valence-corrected chi connectivity index (χ3v) is 3.80. The Kier molecular flexibility index (Phi) is 4.92. The lowest BCUT2D eigenvalue weighted by Crippen LogP contribution is -2.07. The van der Waals surface area contributed by atoms with E-state index in [9.17, 15) is 4.79 Å². The number of aryl methyl sites for hydroxylation is 1. The molecular weight excluding hydrogens is 338 g/mol. The van der Waals surface area contributed by atoms with Crippen molar-refractivity contribution in [3.63, 3.8) is 0 Å². The van der Waals surface area contributed by atoms with E-state index in [2.05, 4.69) is 15.3 Å². The monoisotopic (exact) mass is 357 g/mol. The molecule has 0 aliphatic rings. The summed E-state index contributed by atoms with van der Waals surface area (Å²) in [5.41, 5.74) is 1.22. The zero-order chi connectivity index (χ0) is 18.7. The average molecular weight is 357 g/mol. The molecule has 3 rings (SSSR count). The summed E-state index contributed by atoms with van der Waals surface area (Å²) in [5.74, 6) is 1.57. The minimum absolute atomic E-state index is 0.255. The normalized spacial score (nSPS) is 10.6. The Balaban J connectivity index is 2.13. The molecule has 2 aromatic heterocycles. The molecule has 1 aromatic carbocycles. The van der Waals surface area contributed by atoms with Crippen LogP contribution in [0.2, 0.25) is 0 Å². The van der Waals surface area contributed by atoms with Crippen LogP contribution in [0.4, 0.5) is 11.5 Å². The van der Waals surface area contributed by atoms with E-state index in [1.165, 1.54) is 6.33 Å². The van der Waals surface area contributed by atoms with Crippen LogP contribution in [0.15, 0.2) is 28.9 Å². The second-order valence-corrected chi connectivity index (χ2v) is 5.35. The molecule has 0 aliphatic heterocycles. The molecule has 0 bridgehead atoms. The van der Waals surface area contributed by atoms with E-state index in [-0.39, 0.29) is 6.61 Å². The van der Waals surface area contributed by atoms with E-state index in [4.69, 9.17) is 18.6 Å². The molecule has 136 valence electrons. The number of nitrogens with one attached hydrogen (secondary N) is 1. The van der Waals surface area contributed by atoms with Crippen molar-refractivity contribution in [3.05, 3.63) is 35.9 Å². The number of aromatic nitrogens is 2. The van der Waals surface area contributed by atoms with Crippen LogP contribution in [0, 0.1) is 6.92 Å². The molecule has 1 N–H and O–H groups in total. The Hall–Kier alpha value is -3.29. The van der Waals surface area contributed by atoms with Gasteiger partial charge in [-0.2, -0.15) is 0 Å². The van der Waals surface area contributed by atoms with Gasteiger partial charge >= 0.3 is 5.97 Å². The predicted molar refractivity (Wildman–Crippen MR) is 95.3 cm³/mol. The maximum atomic E-state index is 12.4. The molecule has 0 fully saturated rings. The van der Waals surface area contributed by atoms with Crippen molar-refractivity contribution in [2.24, 2.45) is 0 Å². The lowest BCUT2D eigenvalue weighted by Gasteiger charge is -2.12. The van der Waals surface area contributed by atoms with Crippen molar-refractivity contribution in [1.82, 2.24) is 9.97 Å². The first-order chi connectivity index (χ1) is 12.6. The van der Waals surface area contributed by atoms with Crippen LogP contribution in [-0.2, 0) is 4.74 Å². The van der Waals surface area contributed by atoms with Crippen LogP contribution < -0.4 is 14.8 Å². The Labute approximate surface area is 150 Å². The summed E-state index contributed by atoms with van der Waals surface area (Å²) in [5, 5.41) is 3.62. The smallest absolute Gasteiger partial charge is 0.342 e. The highest BCUT2D eigenvalue weighted by Crippen LogP contribution is 2.35. The number of anilines is 2. The number of carbonyl (C=O) groups is 1. The number of rotatable bonds is 6. The van der Waals surface area contributed by atoms with Crippen LogP contribution in [0.25, 0.3) is 11.1 Å². The number of fused-ring (bicyclic) bond motifs is 1. The Bertz CT molecular complexity index is 951. The molecule has 0 amide bonds. The van der Waals surface area contributed by atoms with Gasteiger partial charge in [-0.1, -0.05) is 0 Å². The van der Waals surface area contributed by atoms with Gasteiger partial charge in [0.1, 0.15) is 35.0 Å². The van der Waals surface area contributed by atoms with Gasteiger partial charge in [-0.15, -0.1) is 0 Å². The highest BCUT2D eigenvalue weighted by atomic mass is 16.5. The Morgan fingerprint density at radius 2 is 2.04 bits per heavy atom. The number of hydrogen-bond donors (Lipinski definition) is 1. The number of methoxy groups -OCH3 is 2. The van der Waals surface area contributed by atoms with Crippen molar-refractivity contribution >= 4 is 28.6 Å². The topological polar surface area (TPSA) is 95.7 Å². The first kappa shape index (κ1) is 17.5. The van der Waals surface area contributed by atoms with Crippen molar-refractivity contribution in [2.75, 3.05) is 26.1 Å². The first-order valence-corrected chi connectivity index (χ1v) is 7.99. The van der Waals surface area contributed by atoms with E-state index in [0.29, 0.717) is 45.4 Å². The molecule has 3 aromatic rings. The van der Waals surface area contributed by atoms with Gasteiger partial charge in [-0.05, 0) is 26.0 Å². The minimum atomic E-state index is -0.487. The number of hydrogen-bond acceptors (Lipinski definition) is 8. The lowest BCUT2D eigenvalue weighted by molar-refractivity contribution is 0.0526. The summed E-state index contributed by atoms with van der Waals surface area (Å²) in [7, 11) is 3.14. The highest BCUT2D eigenvalue weighted by molar-refractivity contribution is 6.08. The van der Waals surface area contributed by atoms with Gasteiger partial charge in [0.2, 0.25) is 5.71 Å². The van der Waals surface area contributed by atoms with E-state index >= 15 is 0 Å². The van der Waals surface area contributed by atoms with Gasteiger partial charge in [0, 0.05) is 6.07 Å². The molecule has 26 heavy (non-hydrogen) atoms. The largest absolute Gasteiger partial charge is 0.497 e. The van der Waals surface area contributed by atoms with Gasteiger partial charge in [0.05, 0.1) is 31.9 Å². The van der Waals surface area contributed by atoms with Gasteiger partial charge in [0.25, 0.3) is 0 Å². The van der Waals surface area contributed by atoms with Gasteiger partial charge in [-0.3, -0.25) is 0 Å². The summed E-state index contributed by atoms with van der Waals surface area (Å²) < 4.78 is 21.4. The molecule has 2 heterocycles. The number of esters is 1. The fraction of sp³-hybridized carbons (Fsp3) is 0.278. The molecule has 0 saturated carbocycles. The van der Waals surface area contributed by atoms with E-state index in [1.807, 2.05) is 0 Å². The molecule has 0 spiro atoms. The summed E-state index contributed by atoms with van der Waals surface area (Å²) in [6, 6.07) is 5.32. The van der Waals surface area contributed by atoms with Crippen molar-refractivity contribution in [1.29, 1.82) is 0 Å². The maximum Gasteiger partial charge on any atom is 0.342 e. The third kappa shape index (κ3) is 3.13. The number of nitrogens with zero attached hydrogens (tertiary/aromatic N) is 2. The van der Waals surface area contributed by atoms with Gasteiger partial charge in [0.15, 0.2) is 0 Å². The summed E-state index contributed by atoms with van der Waals surface area (Å²) >= 11 is 0. The molecule has 0 aliphatic carbocycles. The van der Waals surface area contributed by atoms with Gasteiger partial charge < -0.3 is 23.9 Å². The molecular formula is C18H19N3O5. The van der Waals surface area contributed by atoms with Crippen molar-refractivity contribution in [3.8, 4) is 11.5 Å². The summed E-state index contributed by atoms with van der Waals surface area (Å²) in [6.45, 7) is 3.68. The molecule has 8 nitrogen and oxygen atoms in total. The SMILES string of the molecule is CCOC(=O)c1c(C)oc2ncnc(Nc3cc(OC)ccc3OC)c12. The summed E-state index contributed by atoms with van der Waals surface area (Å²) in [6.07, 6.45) is 1.36. The fourth-order valence-corrected chi connectivity index (χ4v) is 2.63. The zero-order valence-corrected chi connectivity index (χ0v) is 15.0. The minimum Gasteiger partial charge on any atom is -0.497 e. The molecule has 8 heteroatoms. The Morgan fingerprint density at radius 3 is 2.73 bits per heavy atom. The van der Waals surface area contributed by atoms with E-state index < -0.39 is 5.97 Å². The molecule has 0 radical (unpaired) electrons. The van der Waals surface area contributed by atoms with Crippen LogP contribution >= 0.6 is 0 Å². The molecule has 0 unspecified atom stereocenters. The number of benzene rings is 1. The number of ether oxygens (including phenoxy) is 3. The number of furan rings is 1. The van der Waals surface area contributed by atoms with Crippen molar-refractivity contribution < 1.29 is 23.4 Å². The zero-order valence-electron chi connectivity index (χ0n) is 15.0. The van der Waals surface area contributed by atoms with Gasteiger partial charge in [-0.25, -0.2) is 14.8 Å². The number of carbonyl (C=O) groups excluding carboxylic acids is 1. The van der Waals surface area contributed by atoms with Crippen LogP contribution in [0.5, 0.6) is 11.5 Å². The standard InChI is InChI=1S/C18H19N3O5/c1-5-25-18(22)14-10(2)26-17-15(14)16(19-9-20-17)21-12-8-11(23-3)6-7-13(12)24-4/h6-9H,5H2,1-4H3,(H,19,20,21). The fourth-order valence-electron chi connectivity index (χ4n) is 2.63. The van der Waals surface area contributed by atoms with E-state index in [1.54, 1.807) is 46.3 Å². The van der Waals surface area contributed by atoms with Crippen LogP contribution in [0.1, 0.15) is 23.0 Å². The van der Waals surface area contributed by atoms with Crippen LogP contribution in [-0.4, -0.2) is 36.8 Å². The second-order valence-electron chi connectivity index (χ2n) is 5.35. The van der Waals surface area contributed by atoms with Crippen molar-refractivity contribution in [2.45, 2.75) is 13.8 Å². The predicted octanol–water partition coefficient (Wildman–Crippen LogP) is 3.47.